The molecule has 0 aliphatic rings. The highest BCUT2D eigenvalue weighted by Gasteiger charge is 2.03. The van der Waals surface area contributed by atoms with E-state index in [0.29, 0.717) is 0 Å². The Kier molecular flexibility index (Phi) is 2.38. The number of aromatic nitrogens is 2. The summed E-state index contributed by atoms with van der Waals surface area (Å²) in [4.78, 5) is 11.0. The summed E-state index contributed by atoms with van der Waals surface area (Å²) in [7, 11) is 0. The number of benzene rings is 1. The number of nitrogens with zero attached hydrogens (tertiary/aromatic N) is 2. The Morgan fingerprint density at radius 3 is 3.00 bits per heavy atom. The van der Waals surface area contributed by atoms with Crippen LogP contribution >= 0.6 is 11.7 Å². The van der Waals surface area contributed by atoms with E-state index in [-0.39, 0.29) is 12.3 Å². The molecule has 0 fully saturated rings. The zero-order chi connectivity index (χ0) is 9.97. The molecule has 1 aromatic heterocycles. The van der Waals surface area contributed by atoms with Crippen LogP contribution in [0, 0.1) is 0 Å². The molecule has 0 atom stereocenters. The standard InChI is InChI=1S/C8H8N4OS/c9-10-8(13)4-5-1-2-6-7(3-5)12-14-11-6/h1-3H,4,9H2,(H,10,13). The molecule has 3 N–H and O–H groups in total. The summed E-state index contributed by atoms with van der Waals surface area (Å²) < 4.78 is 8.14. The van der Waals surface area contributed by atoms with Gasteiger partial charge in [0.15, 0.2) is 0 Å². The molecule has 72 valence electrons. The van der Waals surface area contributed by atoms with Gasteiger partial charge in [0.25, 0.3) is 0 Å². The van der Waals surface area contributed by atoms with Crippen LogP contribution in [0.2, 0.25) is 0 Å². The fourth-order valence-corrected chi connectivity index (χ4v) is 1.69. The first-order chi connectivity index (χ1) is 6.79. The van der Waals surface area contributed by atoms with Crippen LogP contribution in [0.5, 0.6) is 0 Å². The maximum absolute atomic E-state index is 11.0. The number of hydrogen-bond donors (Lipinski definition) is 2. The van der Waals surface area contributed by atoms with Gasteiger partial charge in [-0.25, -0.2) is 5.84 Å². The molecule has 5 nitrogen and oxygen atoms in total. The van der Waals surface area contributed by atoms with Crippen molar-refractivity contribution in [1.29, 1.82) is 0 Å². The van der Waals surface area contributed by atoms with E-state index in [1.165, 1.54) is 0 Å². The molecular formula is C8H8N4OS. The molecule has 6 heteroatoms. The van der Waals surface area contributed by atoms with E-state index in [0.717, 1.165) is 28.3 Å². The Balaban J connectivity index is 2.30. The quantitative estimate of drug-likeness (QED) is 0.420. The molecule has 1 aromatic carbocycles. The lowest BCUT2D eigenvalue weighted by Gasteiger charge is -1.98. The van der Waals surface area contributed by atoms with Crippen molar-refractivity contribution >= 4 is 28.7 Å². The average molecular weight is 208 g/mol. The normalized spacial score (nSPS) is 10.4. The van der Waals surface area contributed by atoms with E-state index in [9.17, 15) is 4.79 Å². The number of nitrogens with two attached hydrogens (primary N) is 1. The van der Waals surface area contributed by atoms with Crippen molar-refractivity contribution in [3.63, 3.8) is 0 Å². The molecule has 1 heterocycles. The van der Waals surface area contributed by atoms with Crippen molar-refractivity contribution in [3.05, 3.63) is 23.8 Å². The number of nitrogens with one attached hydrogen (secondary N) is 1. The molecular weight excluding hydrogens is 200 g/mol. The van der Waals surface area contributed by atoms with Gasteiger partial charge < -0.3 is 0 Å². The van der Waals surface area contributed by atoms with E-state index in [1.54, 1.807) is 0 Å². The molecule has 0 spiro atoms. The third-order valence-electron chi connectivity index (χ3n) is 1.84. The van der Waals surface area contributed by atoms with Gasteiger partial charge >= 0.3 is 0 Å². The molecule has 0 unspecified atom stereocenters. The maximum Gasteiger partial charge on any atom is 0.238 e. The Morgan fingerprint density at radius 2 is 2.21 bits per heavy atom. The number of rotatable bonds is 2. The first-order valence-corrected chi connectivity index (χ1v) is 4.73. The molecule has 1 amide bonds. The molecule has 14 heavy (non-hydrogen) atoms. The lowest BCUT2D eigenvalue weighted by Crippen LogP contribution is -2.31. The number of amides is 1. The summed E-state index contributed by atoms with van der Waals surface area (Å²) >= 11 is 1.16. The van der Waals surface area contributed by atoms with Crippen LogP contribution < -0.4 is 11.3 Å². The molecule has 0 aliphatic heterocycles. The number of carbonyl (C=O) groups excluding carboxylic acids is 1. The smallest absolute Gasteiger partial charge is 0.238 e. The zero-order valence-electron chi connectivity index (χ0n) is 7.23. The van der Waals surface area contributed by atoms with Crippen molar-refractivity contribution in [1.82, 2.24) is 14.2 Å². The van der Waals surface area contributed by atoms with Crippen LogP contribution in [0.3, 0.4) is 0 Å². The van der Waals surface area contributed by atoms with Gasteiger partial charge in [-0.05, 0) is 17.7 Å². The lowest BCUT2D eigenvalue weighted by atomic mass is 10.1. The third-order valence-corrected chi connectivity index (χ3v) is 2.40. The van der Waals surface area contributed by atoms with Crippen LogP contribution in [0.4, 0.5) is 0 Å². The highest BCUT2D eigenvalue weighted by Crippen LogP contribution is 2.13. The van der Waals surface area contributed by atoms with Gasteiger partial charge in [-0.3, -0.25) is 10.2 Å². The first-order valence-electron chi connectivity index (χ1n) is 4.00. The Labute approximate surface area is 84.2 Å². The maximum atomic E-state index is 11.0. The molecule has 0 radical (unpaired) electrons. The van der Waals surface area contributed by atoms with E-state index in [4.69, 9.17) is 5.84 Å². The van der Waals surface area contributed by atoms with E-state index < -0.39 is 0 Å². The zero-order valence-corrected chi connectivity index (χ0v) is 8.04. The van der Waals surface area contributed by atoms with Crippen molar-refractivity contribution in [2.45, 2.75) is 6.42 Å². The van der Waals surface area contributed by atoms with Crippen molar-refractivity contribution in [2.24, 2.45) is 5.84 Å². The van der Waals surface area contributed by atoms with Crippen LogP contribution in [0.25, 0.3) is 11.0 Å². The number of fused-ring (bicyclic) bond motifs is 1. The van der Waals surface area contributed by atoms with Gasteiger partial charge in [-0.15, -0.1) is 0 Å². The van der Waals surface area contributed by atoms with Gasteiger partial charge in [0, 0.05) is 0 Å². The van der Waals surface area contributed by atoms with Gasteiger partial charge in [0.2, 0.25) is 5.91 Å². The average Bonchev–Trinajstić information content (AvgIpc) is 2.64. The molecule has 0 saturated carbocycles. The predicted octanol–water partition coefficient (Wildman–Crippen LogP) is 0.224. The highest BCUT2D eigenvalue weighted by atomic mass is 32.1. The molecule has 0 aliphatic carbocycles. The van der Waals surface area contributed by atoms with Crippen molar-refractivity contribution in [2.75, 3.05) is 0 Å². The number of hydrazine groups is 1. The fourth-order valence-electron chi connectivity index (χ4n) is 1.17. The van der Waals surface area contributed by atoms with Crippen LogP contribution in [0.1, 0.15) is 5.56 Å². The second-order valence-electron chi connectivity index (χ2n) is 2.83. The summed E-state index contributed by atoms with van der Waals surface area (Å²) in [6.45, 7) is 0. The van der Waals surface area contributed by atoms with Crippen LogP contribution in [-0.4, -0.2) is 14.7 Å². The molecule has 0 bridgehead atoms. The fraction of sp³-hybridized carbons (Fsp3) is 0.125. The van der Waals surface area contributed by atoms with Crippen LogP contribution in [0.15, 0.2) is 18.2 Å². The largest absolute Gasteiger partial charge is 0.294 e. The minimum atomic E-state index is -0.215. The SMILES string of the molecule is NNC(=O)Cc1ccc2nsnc2c1. The lowest BCUT2D eigenvalue weighted by molar-refractivity contribution is -0.120. The predicted molar refractivity (Wildman–Crippen MR) is 53.4 cm³/mol. The Hall–Kier alpha value is -1.53. The summed E-state index contributed by atoms with van der Waals surface area (Å²) in [6, 6.07) is 5.53. The highest BCUT2D eigenvalue weighted by molar-refractivity contribution is 7.00. The summed E-state index contributed by atoms with van der Waals surface area (Å²) in [5, 5.41) is 0. The van der Waals surface area contributed by atoms with Gasteiger partial charge in [-0.1, -0.05) is 6.07 Å². The molecule has 2 rings (SSSR count). The molecule has 0 saturated heterocycles. The van der Waals surface area contributed by atoms with Gasteiger partial charge in [-0.2, -0.15) is 8.75 Å². The van der Waals surface area contributed by atoms with Crippen molar-refractivity contribution < 1.29 is 4.79 Å². The summed E-state index contributed by atoms with van der Waals surface area (Å²) in [5.41, 5.74) is 4.64. The van der Waals surface area contributed by atoms with Crippen LogP contribution in [-0.2, 0) is 11.2 Å². The second-order valence-corrected chi connectivity index (χ2v) is 3.36. The minimum Gasteiger partial charge on any atom is -0.294 e. The first kappa shape index (κ1) is 9.04. The number of carbonyl (C=O) groups is 1. The summed E-state index contributed by atoms with van der Waals surface area (Å²) in [6.07, 6.45) is 0.268. The van der Waals surface area contributed by atoms with E-state index >= 15 is 0 Å². The van der Waals surface area contributed by atoms with Gasteiger partial charge in [0.1, 0.15) is 11.0 Å². The Bertz CT molecular complexity index is 467. The number of hydrogen-bond acceptors (Lipinski definition) is 5. The monoisotopic (exact) mass is 208 g/mol. The third kappa shape index (κ3) is 1.70. The molecule has 2 aromatic rings. The topological polar surface area (TPSA) is 80.9 Å². The summed E-state index contributed by atoms with van der Waals surface area (Å²) in [5.74, 6) is 4.77. The minimum absolute atomic E-state index is 0.215. The van der Waals surface area contributed by atoms with Crippen molar-refractivity contribution in [3.8, 4) is 0 Å². The van der Waals surface area contributed by atoms with E-state index in [2.05, 4.69) is 14.2 Å². The second kappa shape index (κ2) is 3.69. The van der Waals surface area contributed by atoms with Gasteiger partial charge in [0.05, 0.1) is 18.1 Å². The van der Waals surface area contributed by atoms with E-state index in [1.807, 2.05) is 18.2 Å². The Morgan fingerprint density at radius 1 is 1.43 bits per heavy atom.